The van der Waals surface area contributed by atoms with Gasteiger partial charge in [0.1, 0.15) is 0 Å². The predicted molar refractivity (Wildman–Crippen MR) is 71.2 cm³/mol. The lowest BCUT2D eigenvalue weighted by atomic mass is 9.99. The zero-order valence-corrected chi connectivity index (χ0v) is 12.1. The molecule has 2 unspecified atom stereocenters. The van der Waals surface area contributed by atoms with Gasteiger partial charge in [0.25, 0.3) is 0 Å². The summed E-state index contributed by atoms with van der Waals surface area (Å²) in [5.41, 5.74) is 0.978. The Kier molecular flexibility index (Phi) is 4.48. The number of rotatable bonds is 3. The minimum absolute atomic E-state index is 0.108. The fraction of sp³-hybridized carbons (Fsp3) is 0.538. The van der Waals surface area contributed by atoms with Crippen LogP contribution in [0, 0.1) is 0 Å². The average molecular weight is 317 g/mol. The highest BCUT2D eigenvalue weighted by molar-refractivity contribution is 9.10. The molecule has 0 radical (unpaired) electrons. The van der Waals surface area contributed by atoms with Crippen LogP contribution >= 0.6 is 15.9 Å². The van der Waals surface area contributed by atoms with Gasteiger partial charge in [-0.05, 0) is 34.0 Å². The van der Waals surface area contributed by atoms with E-state index in [1.54, 1.807) is 14.2 Å². The Bertz CT molecular complexity index is 422. The molecular weight excluding hydrogens is 300 g/mol. The lowest BCUT2D eigenvalue weighted by Gasteiger charge is -2.28. The van der Waals surface area contributed by atoms with E-state index in [1.807, 2.05) is 12.1 Å². The molecule has 18 heavy (non-hydrogen) atoms. The van der Waals surface area contributed by atoms with E-state index in [1.165, 1.54) is 0 Å². The Hall–Kier alpha value is -0.780. The Labute approximate surface area is 115 Å². The summed E-state index contributed by atoms with van der Waals surface area (Å²) in [5, 5.41) is 9.71. The van der Waals surface area contributed by atoms with Gasteiger partial charge >= 0.3 is 0 Å². The van der Waals surface area contributed by atoms with Crippen LogP contribution in [0.2, 0.25) is 0 Å². The summed E-state index contributed by atoms with van der Waals surface area (Å²) in [4.78, 5) is 0. The number of methoxy groups -OCH3 is 2. The molecular formula is C13H17BrO4. The van der Waals surface area contributed by atoms with Crippen molar-refractivity contribution in [2.75, 3.05) is 20.8 Å². The molecule has 1 aromatic carbocycles. The van der Waals surface area contributed by atoms with Crippen LogP contribution in [0.15, 0.2) is 16.6 Å². The quantitative estimate of drug-likeness (QED) is 0.931. The first-order valence-corrected chi connectivity index (χ1v) is 6.66. The van der Waals surface area contributed by atoms with Crippen molar-refractivity contribution in [2.24, 2.45) is 0 Å². The molecule has 1 heterocycles. The summed E-state index contributed by atoms with van der Waals surface area (Å²) in [7, 11) is 3.20. The van der Waals surface area contributed by atoms with Crippen LogP contribution in [0.1, 0.15) is 24.5 Å². The van der Waals surface area contributed by atoms with E-state index in [2.05, 4.69) is 15.9 Å². The van der Waals surface area contributed by atoms with Gasteiger partial charge < -0.3 is 19.3 Å². The Morgan fingerprint density at radius 2 is 2.11 bits per heavy atom. The minimum atomic E-state index is -0.302. The van der Waals surface area contributed by atoms with E-state index in [-0.39, 0.29) is 12.2 Å². The van der Waals surface area contributed by atoms with Crippen LogP contribution in [0.3, 0.4) is 0 Å². The van der Waals surface area contributed by atoms with Crippen molar-refractivity contribution in [3.8, 4) is 11.5 Å². The van der Waals surface area contributed by atoms with Crippen LogP contribution in [-0.2, 0) is 4.74 Å². The highest BCUT2D eigenvalue weighted by atomic mass is 79.9. The zero-order chi connectivity index (χ0) is 13.1. The van der Waals surface area contributed by atoms with Crippen molar-refractivity contribution >= 4 is 15.9 Å². The summed E-state index contributed by atoms with van der Waals surface area (Å²) in [6, 6.07) is 3.79. The summed E-state index contributed by atoms with van der Waals surface area (Å²) in [6.07, 6.45) is 0.891. The van der Waals surface area contributed by atoms with E-state index in [4.69, 9.17) is 14.2 Å². The van der Waals surface area contributed by atoms with Gasteiger partial charge in [-0.25, -0.2) is 0 Å². The van der Waals surface area contributed by atoms with E-state index in [0.717, 1.165) is 10.0 Å². The summed E-state index contributed by atoms with van der Waals surface area (Å²) in [5.74, 6) is 1.32. The molecule has 1 aliphatic rings. The highest BCUT2D eigenvalue weighted by Crippen LogP contribution is 2.42. The molecule has 0 aromatic heterocycles. The van der Waals surface area contributed by atoms with Gasteiger partial charge in [-0.2, -0.15) is 0 Å². The molecule has 2 atom stereocenters. The van der Waals surface area contributed by atoms with Gasteiger partial charge in [-0.15, -0.1) is 0 Å². The van der Waals surface area contributed by atoms with Crippen molar-refractivity contribution < 1.29 is 19.3 Å². The number of ether oxygens (including phenoxy) is 3. The Morgan fingerprint density at radius 1 is 1.33 bits per heavy atom. The van der Waals surface area contributed by atoms with Gasteiger partial charge in [0.15, 0.2) is 11.5 Å². The van der Waals surface area contributed by atoms with Crippen molar-refractivity contribution in [1.82, 2.24) is 0 Å². The van der Waals surface area contributed by atoms with Crippen molar-refractivity contribution in [2.45, 2.75) is 25.0 Å². The molecule has 0 aliphatic carbocycles. The smallest absolute Gasteiger partial charge is 0.175 e. The summed E-state index contributed by atoms with van der Waals surface area (Å²) in [6.45, 7) is 0.576. The highest BCUT2D eigenvalue weighted by Gasteiger charge is 2.26. The molecule has 0 spiro atoms. The Morgan fingerprint density at radius 3 is 2.72 bits per heavy atom. The first kappa shape index (κ1) is 13.6. The zero-order valence-electron chi connectivity index (χ0n) is 10.5. The molecule has 4 nitrogen and oxygen atoms in total. The molecule has 1 saturated heterocycles. The molecule has 1 fully saturated rings. The van der Waals surface area contributed by atoms with Crippen LogP contribution in [0.4, 0.5) is 0 Å². The maximum atomic E-state index is 9.71. The van der Waals surface area contributed by atoms with Gasteiger partial charge in [0.2, 0.25) is 0 Å². The molecule has 5 heteroatoms. The largest absolute Gasteiger partial charge is 0.493 e. The summed E-state index contributed by atoms with van der Waals surface area (Å²) < 4.78 is 17.1. The number of aliphatic hydroxyl groups is 1. The molecule has 2 rings (SSSR count). The van der Waals surface area contributed by atoms with E-state index in [9.17, 15) is 5.11 Å². The van der Waals surface area contributed by atoms with Crippen molar-refractivity contribution in [1.29, 1.82) is 0 Å². The molecule has 1 aromatic rings. The normalized spacial score (nSPS) is 23.8. The molecule has 1 aliphatic heterocycles. The van der Waals surface area contributed by atoms with E-state index >= 15 is 0 Å². The van der Waals surface area contributed by atoms with Gasteiger partial charge in [0.05, 0.1) is 30.9 Å². The van der Waals surface area contributed by atoms with Crippen LogP contribution < -0.4 is 9.47 Å². The van der Waals surface area contributed by atoms with Crippen molar-refractivity contribution in [3.05, 3.63) is 22.2 Å². The van der Waals surface area contributed by atoms with Crippen molar-refractivity contribution in [3.63, 3.8) is 0 Å². The standard InChI is InChI=1S/C13H17BrO4/c1-16-10-4-3-9(12(14)13(10)17-2)11-7-8(15)5-6-18-11/h3-4,8,11,15H,5-7H2,1-2H3. The van der Waals surface area contributed by atoms with Crippen LogP contribution in [-0.4, -0.2) is 32.0 Å². The lowest BCUT2D eigenvalue weighted by Crippen LogP contribution is -2.23. The maximum absolute atomic E-state index is 9.71. The molecule has 100 valence electrons. The number of benzene rings is 1. The SMILES string of the molecule is COc1ccc(C2CC(O)CCO2)c(Br)c1OC. The number of aliphatic hydroxyl groups excluding tert-OH is 1. The van der Waals surface area contributed by atoms with Crippen LogP contribution in [0.5, 0.6) is 11.5 Å². The third-order valence-electron chi connectivity index (χ3n) is 3.12. The minimum Gasteiger partial charge on any atom is -0.493 e. The van der Waals surface area contributed by atoms with Gasteiger partial charge in [-0.1, -0.05) is 6.07 Å². The average Bonchev–Trinajstić information content (AvgIpc) is 2.38. The number of hydrogen-bond donors (Lipinski definition) is 1. The molecule has 1 N–H and O–H groups in total. The van der Waals surface area contributed by atoms with E-state index < -0.39 is 0 Å². The second-order valence-electron chi connectivity index (χ2n) is 4.24. The number of halogens is 1. The topological polar surface area (TPSA) is 47.9 Å². The third kappa shape index (κ3) is 2.63. The van der Waals surface area contributed by atoms with Gasteiger partial charge in [-0.3, -0.25) is 0 Å². The molecule has 0 bridgehead atoms. The molecule has 0 amide bonds. The Balaban J connectivity index is 2.33. The predicted octanol–water partition coefficient (Wildman–Crippen LogP) is 2.68. The second kappa shape index (κ2) is 5.91. The first-order valence-electron chi connectivity index (χ1n) is 5.87. The fourth-order valence-corrected chi connectivity index (χ4v) is 2.89. The monoisotopic (exact) mass is 316 g/mol. The summed E-state index contributed by atoms with van der Waals surface area (Å²) >= 11 is 3.52. The lowest BCUT2D eigenvalue weighted by molar-refractivity contribution is -0.0451. The first-order chi connectivity index (χ1) is 8.67. The maximum Gasteiger partial charge on any atom is 0.175 e. The van der Waals surface area contributed by atoms with E-state index in [0.29, 0.717) is 30.9 Å². The molecule has 0 saturated carbocycles. The van der Waals surface area contributed by atoms with Gasteiger partial charge in [0, 0.05) is 13.0 Å². The third-order valence-corrected chi connectivity index (χ3v) is 3.94. The van der Waals surface area contributed by atoms with Crippen LogP contribution in [0.25, 0.3) is 0 Å². The fourth-order valence-electron chi connectivity index (χ4n) is 2.15. The number of hydrogen-bond acceptors (Lipinski definition) is 4. The second-order valence-corrected chi connectivity index (χ2v) is 5.03.